The number of carbonyl (C=O) groups excluding carboxylic acids is 1. The molecule has 92 valence electrons. The quantitative estimate of drug-likeness (QED) is 0.816. The van der Waals surface area contributed by atoms with Gasteiger partial charge in [0.1, 0.15) is 12.4 Å². The molecule has 0 spiro atoms. The standard InChI is InChI=1S/C13H11BrN2O2/c1-2-7-18-12-5-3-10(4-6-12)13(17)16-9-11(14)8-15-16/h2-6,8-9H,1,7H2. The maximum absolute atomic E-state index is 12.0. The molecule has 4 nitrogen and oxygen atoms in total. The molecule has 18 heavy (non-hydrogen) atoms. The van der Waals surface area contributed by atoms with E-state index in [-0.39, 0.29) is 5.91 Å². The highest BCUT2D eigenvalue weighted by atomic mass is 79.9. The normalized spacial score (nSPS) is 10.1. The van der Waals surface area contributed by atoms with Gasteiger partial charge in [0.15, 0.2) is 0 Å². The molecular formula is C13H11BrN2O2. The van der Waals surface area contributed by atoms with Crippen LogP contribution in [-0.4, -0.2) is 22.3 Å². The van der Waals surface area contributed by atoms with Crippen LogP contribution >= 0.6 is 15.9 Å². The van der Waals surface area contributed by atoms with Crippen LogP contribution < -0.4 is 4.74 Å². The van der Waals surface area contributed by atoms with Crippen molar-refractivity contribution in [1.29, 1.82) is 0 Å². The molecule has 0 atom stereocenters. The summed E-state index contributed by atoms with van der Waals surface area (Å²) in [7, 11) is 0. The molecule has 0 bridgehead atoms. The van der Waals surface area contributed by atoms with Crippen molar-refractivity contribution in [3.8, 4) is 5.75 Å². The number of hydrogen-bond acceptors (Lipinski definition) is 3. The average molecular weight is 307 g/mol. The lowest BCUT2D eigenvalue weighted by atomic mass is 10.2. The molecule has 5 heteroatoms. The van der Waals surface area contributed by atoms with Gasteiger partial charge in [-0.3, -0.25) is 4.79 Å². The molecule has 0 radical (unpaired) electrons. The van der Waals surface area contributed by atoms with E-state index in [4.69, 9.17) is 4.74 Å². The van der Waals surface area contributed by atoms with E-state index in [1.807, 2.05) is 0 Å². The van der Waals surface area contributed by atoms with Crippen LogP contribution in [0.1, 0.15) is 10.4 Å². The number of hydrogen-bond donors (Lipinski definition) is 0. The molecule has 0 unspecified atom stereocenters. The van der Waals surface area contributed by atoms with Crippen molar-refractivity contribution in [3.05, 3.63) is 59.4 Å². The Morgan fingerprint density at radius 1 is 1.44 bits per heavy atom. The lowest BCUT2D eigenvalue weighted by Gasteiger charge is -2.04. The predicted molar refractivity (Wildman–Crippen MR) is 71.8 cm³/mol. The summed E-state index contributed by atoms with van der Waals surface area (Å²) in [6, 6.07) is 6.90. The molecule has 0 aliphatic rings. The third-order valence-corrected chi connectivity index (χ3v) is 2.64. The summed E-state index contributed by atoms with van der Waals surface area (Å²) in [4.78, 5) is 12.0. The van der Waals surface area contributed by atoms with Gasteiger partial charge in [-0.15, -0.1) is 0 Å². The van der Waals surface area contributed by atoms with Gasteiger partial charge >= 0.3 is 0 Å². The van der Waals surface area contributed by atoms with Crippen LogP contribution in [0.4, 0.5) is 0 Å². The number of benzene rings is 1. The fourth-order valence-corrected chi connectivity index (χ4v) is 1.68. The number of aromatic nitrogens is 2. The van der Waals surface area contributed by atoms with Gasteiger partial charge in [0.05, 0.1) is 10.7 Å². The van der Waals surface area contributed by atoms with Crippen molar-refractivity contribution >= 4 is 21.8 Å². The summed E-state index contributed by atoms with van der Waals surface area (Å²) >= 11 is 3.25. The van der Waals surface area contributed by atoms with Crippen LogP contribution in [-0.2, 0) is 0 Å². The molecule has 0 saturated carbocycles. The Bertz CT molecular complexity index is 561. The first-order chi connectivity index (χ1) is 8.70. The molecule has 0 amide bonds. The first-order valence-electron chi connectivity index (χ1n) is 5.29. The van der Waals surface area contributed by atoms with Gasteiger partial charge in [-0.25, -0.2) is 4.68 Å². The van der Waals surface area contributed by atoms with Gasteiger partial charge in [0, 0.05) is 11.8 Å². The van der Waals surface area contributed by atoms with Crippen molar-refractivity contribution in [3.63, 3.8) is 0 Å². The first kappa shape index (κ1) is 12.6. The number of halogens is 1. The lowest BCUT2D eigenvalue weighted by Crippen LogP contribution is -2.12. The van der Waals surface area contributed by atoms with Crippen LogP contribution in [0.15, 0.2) is 53.8 Å². The van der Waals surface area contributed by atoms with Crippen molar-refractivity contribution < 1.29 is 9.53 Å². The molecule has 0 N–H and O–H groups in total. The van der Waals surface area contributed by atoms with Gasteiger partial charge in [-0.1, -0.05) is 12.7 Å². The van der Waals surface area contributed by atoms with Crippen LogP contribution in [0.5, 0.6) is 5.75 Å². The summed E-state index contributed by atoms with van der Waals surface area (Å²) in [5, 5.41) is 3.94. The summed E-state index contributed by atoms with van der Waals surface area (Å²) < 4.78 is 7.39. The van der Waals surface area contributed by atoms with E-state index in [2.05, 4.69) is 27.6 Å². The van der Waals surface area contributed by atoms with E-state index in [1.54, 1.807) is 42.7 Å². The van der Waals surface area contributed by atoms with E-state index in [1.165, 1.54) is 4.68 Å². The minimum atomic E-state index is -0.184. The number of nitrogens with zero attached hydrogens (tertiary/aromatic N) is 2. The van der Waals surface area contributed by atoms with Crippen LogP contribution in [0.2, 0.25) is 0 Å². The Balaban J connectivity index is 2.14. The zero-order chi connectivity index (χ0) is 13.0. The zero-order valence-electron chi connectivity index (χ0n) is 9.54. The maximum Gasteiger partial charge on any atom is 0.278 e. The number of rotatable bonds is 4. The molecule has 0 saturated heterocycles. The number of carbonyl (C=O) groups is 1. The van der Waals surface area contributed by atoms with Gasteiger partial charge < -0.3 is 4.74 Å². The second-order valence-corrected chi connectivity index (χ2v) is 4.45. The second-order valence-electron chi connectivity index (χ2n) is 3.53. The van der Waals surface area contributed by atoms with E-state index < -0.39 is 0 Å². The fraction of sp³-hybridized carbons (Fsp3) is 0.0769. The van der Waals surface area contributed by atoms with Gasteiger partial charge in [-0.2, -0.15) is 5.10 Å². The smallest absolute Gasteiger partial charge is 0.278 e. The van der Waals surface area contributed by atoms with E-state index in [0.717, 1.165) is 4.47 Å². The molecule has 2 rings (SSSR count). The highest BCUT2D eigenvalue weighted by molar-refractivity contribution is 9.10. The van der Waals surface area contributed by atoms with E-state index >= 15 is 0 Å². The van der Waals surface area contributed by atoms with Gasteiger partial charge in [0.25, 0.3) is 5.91 Å². The minimum absolute atomic E-state index is 0.184. The first-order valence-corrected chi connectivity index (χ1v) is 6.08. The molecular weight excluding hydrogens is 296 g/mol. The Morgan fingerprint density at radius 3 is 2.72 bits per heavy atom. The Labute approximate surface area is 113 Å². The second kappa shape index (κ2) is 5.64. The highest BCUT2D eigenvalue weighted by Crippen LogP contribution is 2.14. The van der Waals surface area contributed by atoms with Crippen LogP contribution in [0, 0.1) is 0 Å². The highest BCUT2D eigenvalue weighted by Gasteiger charge is 2.09. The van der Waals surface area contributed by atoms with E-state index in [0.29, 0.717) is 17.9 Å². The van der Waals surface area contributed by atoms with Crippen LogP contribution in [0.25, 0.3) is 0 Å². The molecule has 2 aromatic rings. The third kappa shape index (κ3) is 2.87. The molecule has 1 aromatic carbocycles. The van der Waals surface area contributed by atoms with Crippen molar-refractivity contribution in [1.82, 2.24) is 9.78 Å². The predicted octanol–water partition coefficient (Wildman–Crippen LogP) is 2.90. The van der Waals surface area contributed by atoms with E-state index in [9.17, 15) is 4.79 Å². The molecule has 0 aliphatic heterocycles. The Hall–Kier alpha value is -1.88. The summed E-state index contributed by atoms with van der Waals surface area (Å²) in [5.74, 6) is 0.518. The molecule has 0 aliphatic carbocycles. The lowest BCUT2D eigenvalue weighted by molar-refractivity contribution is 0.0945. The summed E-state index contributed by atoms with van der Waals surface area (Å²) in [6.45, 7) is 4.01. The zero-order valence-corrected chi connectivity index (χ0v) is 11.1. The van der Waals surface area contributed by atoms with Crippen molar-refractivity contribution in [2.75, 3.05) is 6.61 Å². The fourth-order valence-electron chi connectivity index (χ4n) is 1.39. The summed E-state index contributed by atoms with van der Waals surface area (Å²) in [5.41, 5.74) is 0.552. The monoisotopic (exact) mass is 306 g/mol. The number of ether oxygens (including phenoxy) is 1. The van der Waals surface area contributed by atoms with Gasteiger partial charge in [0.2, 0.25) is 0 Å². The van der Waals surface area contributed by atoms with Crippen molar-refractivity contribution in [2.24, 2.45) is 0 Å². The Kier molecular flexibility index (Phi) is 3.94. The SMILES string of the molecule is C=CCOc1ccc(C(=O)n2cc(Br)cn2)cc1. The topological polar surface area (TPSA) is 44.1 Å². The molecule has 1 aromatic heterocycles. The minimum Gasteiger partial charge on any atom is -0.490 e. The summed E-state index contributed by atoms with van der Waals surface area (Å²) in [6.07, 6.45) is 4.85. The van der Waals surface area contributed by atoms with Gasteiger partial charge in [-0.05, 0) is 40.2 Å². The molecule has 1 heterocycles. The Morgan fingerprint density at radius 2 is 2.17 bits per heavy atom. The van der Waals surface area contributed by atoms with Crippen LogP contribution in [0.3, 0.4) is 0 Å². The van der Waals surface area contributed by atoms with Crippen molar-refractivity contribution in [2.45, 2.75) is 0 Å². The maximum atomic E-state index is 12.0. The third-order valence-electron chi connectivity index (χ3n) is 2.23. The average Bonchev–Trinajstić information content (AvgIpc) is 2.83. The largest absolute Gasteiger partial charge is 0.490 e. The molecule has 0 fully saturated rings.